The molecule has 2 aromatic heterocycles. The Morgan fingerprint density at radius 1 is 0.790 bits per heavy atom. The van der Waals surface area contributed by atoms with Gasteiger partial charge in [0, 0.05) is 54.7 Å². The molecule has 21 nitrogen and oxygen atoms in total. The van der Waals surface area contributed by atoms with Gasteiger partial charge < -0.3 is 62.3 Å². The van der Waals surface area contributed by atoms with Gasteiger partial charge in [-0.25, -0.2) is 9.78 Å². The molecule has 6 amide bonds. The van der Waals surface area contributed by atoms with Gasteiger partial charge in [-0.3, -0.25) is 33.6 Å². The smallest absolute Gasteiger partial charge is 0.490 e. The molecule has 5 unspecified atom stereocenters. The number of aromatic nitrogens is 3. The van der Waals surface area contributed by atoms with E-state index < -0.39 is 91.0 Å². The summed E-state index contributed by atoms with van der Waals surface area (Å²) >= 11 is 0. The number of fused-ring (bicyclic) bond motifs is 1. The van der Waals surface area contributed by atoms with Crippen molar-refractivity contribution in [3.63, 3.8) is 0 Å². The summed E-state index contributed by atoms with van der Waals surface area (Å²) in [6.45, 7) is -1.67. The maximum absolute atomic E-state index is 14.0. The SMILES string of the molecule is O=C(O)C(F)(F)F.O=C(O)CNC(=O)C(Cc1ccc(O)cc1)NC(=O)C(CO)NC(=O)C(Cc1c[nH]c2ccccc12)NC(=O)C(Cc1cnc[nH]1)NC(=O)C1CCC(=O)N1. The van der Waals surface area contributed by atoms with Crippen LogP contribution in [0.4, 0.5) is 13.2 Å². The standard InChI is InChI=1S/C36H41N9O10.C2HF3O2/c46-17-29(36(55)42-26(32(51)39-16-31(49)50)11-19-5-7-22(47)8-6-19)45-34(53)27(12-20-14-38-24-4-2-1-3-23(20)24)43-35(54)28(13-21-15-37-18-40-21)44-33(52)25-9-10-30(48)41-25;3-2(4,5)1(6)7/h1-8,14-15,18,25-29,38,46-47H,9-13,16-17H2,(H,37,40)(H,39,51)(H,41,48)(H,42,55)(H,43,54)(H,44,52)(H,45,53)(H,49,50);(H,6,7). The zero-order valence-electron chi connectivity index (χ0n) is 32.3. The lowest BCUT2D eigenvalue weighted by Crippen LogP contribution is -2.60. The van der Waals surface area contributed by atoms with Crippen molar-refractivity contribution in [3.8, 4) is 5.75 Å². The zero-order valence-corrected chi connectivity index (χ0v) is 32.3. The number of aromatic hydroxyl groups is 1. The van der Waals surface area contributed by atoms with Crippen molar-refractivity contribution in [2.24, 2.45) is 0 Å². The number of H-pyrrole nitrogens is 2. The number of phenols is 1. The van der Waals surface area contributed by atoms with Gasteiger partial charge in [0.2, 0.25) is 35.4 Å². The summed E-state index contributed by atoms with van der Waals surface area (Å²) in [4.78, 5) is 109. The molecule has 1 fully saturated rings. The molecule has 0 saturated carbocycles. The normalized spacial score (nSPS) is 15.4. The Morgan fingerprint density at radius 2 is 1.39 bits per heavy atom. The van der Waals surface area contributed by atoms with Crippen LogP contribution in [0.2, 0.25) is 0 Å². The first-order valence-corrected chi connectivity index (χ1v) is 18.6. The van der Waals surface area contributed by atoms with E-state index in [4.69, 9.17) is 15.0 Å². The Morgan fingerprint density at radius 3 is 1.95 bits per heavy atom. The largest absolute Gasteiger partial charge is 0.508 e. The van der Waals surface area contributed by atoms with E-state index in [2.05, 4.69) is 46.9 Å². The van der Waals surface area contributed by atoms with Gasteiger partial charge in [0.05, 0.1) is 12.9 Å². The van der Waals surface area contributed by atoms with Crippen LogP contribution in [0.1, 0.15) is 29.7 Å². The van der Waals surface area contributed by atoms with E-state index in [-0.39, 0.29) is 43.8 Å². The molecule has 2 aromatic carbocycles. The minimum atomic E-state index is -5.08. The van der Waals surface area contributed by atoms with Crippen molar-refractivity contribution in [2.45, 2.75) is 68.5 Å². The number of carboxylic acids is 2. The third-order valence-corrected chi connectivity index (χ3v) is 9.14. The number of rotatable bonds is 18. The van der Waals surface area contributed by atoms with Gasteiger partial charge in [-0.05, 0) is 35.7 Å². The molecule has 332 valence electrons. The van der Waals surface area contributed by atoms with Crippen molar-refractivity contribution < 1.29 is 72.0 Å². The second-order valence-electron chi connectivity index (χ2n) is 13.7. The van der Waals surface area contributed by atoms with E-state index in [0.717, 1.165) is 10.9 Å². The Bertz CT molecular complexity index is 2230. The number of nitrogens with zero attached hydrogens (tertiary/aromatic N) is 1. The first-order valence-electron chi connectivity index (χ1n) is 18.6. The number of aromatic amines is 2. The molecular weight excluding hydrogens is 831 g/mol. The van der Waals surface area contributed by atoms with Crippen LogP contribution in [0.5, 0.6) is 5.75 Å². The number of carbonyl (C=O) groups is 8. The van der Waals surface area contributed by atoms with Crippen molar-refractivity contribution >= 4 is 58.3 Å². The highest BCUT2D eigenvalue weighted by molar-refractivity contribution is 5.98. The number of hydrogen-bond acceptors (Lipinski definition) is 11. The van der Waals surface area contributed by atoms with E-state index in [1.807, 2.05) is 18.2 Å². The molecule has 1 aliphatic heterocycles. The summed E-state index contributed by atoms with van der Waals surface area (Å²) < 4.78 is 31.7. The summed E-state index contributed by atoms with van der Waals surface area (Å²) in [7, 11) is 0. The van der Waals surface area contributed by atoms with E-state index in [0.29, 0.717) is 16.8 Å². The van der Waals surface area contributed by atoms with Crippen LogP contribution in [-0.4, -0.2) is 132 Å². The molecule has 62 heavy (non-hydrogen) atoms. The number of imidazole rings is 1. The third kappa shape index (κ3) is 14.1. The summed E-state index contributed by atoms with van der Waals surface area (Å²) in [5.41, 5.74) is 2.35. The highest BCUT2D eigenvalue weighted by Crippen LogP contribution is 2.20. The van der Waals surface area contributed by atoms with Crippen LogP contribution in [0.25, 0.3) is 10.9 Å². The van der Waals surface area contributed by atoms with E-state index >= 15 is 0 Å². The molecule has 5 rings (SSSR count). The van der Waals surface area contributed by atoms with Gasteiger partial charge in [-0.15, -0.1) is 0 Å². The summed E-state index contributed by atoms with van der Waals surface area (Å²) in [5.74, 6) is -8.57. The lowest BCUT2D eigenvalue weighted by atomic mass is 10.0. The fourth-order valence-electron chi connectivity index (χ4n) is 6.01. The number of aliphatic hydroxyl groups is 1. The molecule has 5 atom stereocenters. The van der Waals surface area contributed by atoms with Crippen molar-refractivity contribution in [1.82, 2.24) is 46.9 Å². The monoisotopic (exact) mass is 873 g/mol. The molecule has 1 aliphatic rings. The summed E-state index contributed by atoms with van der Waals surface area (Å²) in [6, 6.07) is 6.45. The average molecular weight is 874 g/mol. The lowest BCUT2D eigenvalue weighted by molar-refractivity contribution is -0.192. The molecule has 0 radical (unpaired) electrons. The Hall–Kier alpha value is -7.50. The molecule has 0 bridgehead atoms. The maximum Gasteiger partial charge on any atom is 0.490 e. The number of aliphatic carboxylic acids is 2. The highest BCUT2D eigenvalue weighted by atomic mass is 19.4. The first kappa shape index (κ1) is 47.2. The molecule has 12 N–H and O–H groups in total. The summed E-state index contributed by atoms with van der Waals surface area (Å²) in [6.07, 6.45) is -0.508. The lowest BCUT2D eigenvalue weighted by Gasteiger charge is -2.26. The topological polar surface area (TPSA) is 334 Å². The number of alkyl halides is 3. The predicted molar refractivity (Wildman–Crippen MR) is 206 cm³/mol. The van der Waals surface area contributed by atoms with Gasteiger partial charge in [0.25, 0.3) is 0 Å². The fraction of sp³-hybridized carbons (Fsp3) is 0.342. The van der Waals surface area contributed by atoms with Gasteiger partial charge in [-0.1, -0.05) is 30.3 Å². The number of para-hydroxylation sites is 1. The molecule has 0 spiro atoms. The Labute approximate surface area is 348 Å². The quantitative estimate of drug-likeness (QED) is 0.0552. The second-order valence-corrected chi connectivity index (χ2v) is 13.7. The molecule has 24 heteroatoms. The van der Waals surface area contributed by atoms with E-state index in [1.54, 1.807) is 12.3 Å². The first-order chi connectivity index (χ1) is 29.3. The number of amides is 6. The number of hydrogen-bond donors (Lipinski definition) is 12. The summed E-state index contributed by atoms with van der Waals surface area (Å²) in [5, 5.41) is 51.8. The number of carboxylic acid groups (broad SMARTS) is 2. The molecule has 0 aliphatic carbocycles. The van der Waals surface area contributed by atoms with Crippen molar-refractivity contribution in [1.29, 1.82) is 0 Å². The van der Waals surface area contributed by atoms with Crippen LogP contribution < -0.4 is 31.9 Å². The number of nitrogens with one attached hydrogen (secondary N) is 8. The van der Waals surface area contributed by atoms with E-state index in [1.165, 1.54) is 36.8 Å². The Kier molecular flexibility index (Phi) is 16.5. The van der Waals surface area contributed by atoms with Crippen LogP contribution in [0.15, 0.2) is 67.3 Å². The minimum absolute atomic E-state index is 0.0469. The molecular formula is C38H42F3N9O12. The van der Waals surface area contributed by atoms with Crippen LogP contribution >= 0.6 is 0 Å². The highest BCUT2D eigenvalue weighted by Gasteiger charge is 2.38. The van der Waals surface area contributed by atoms with Gasteiger partial charge in [-0.2, -0.15) is 13.2 Å². The van der Waals surface area contributed by atoms with Crippen LogP contribution in [0, 0.1) is 0 Å². The number of carbonyl (C=O) groups excluding carboxylic acids is 6. The minimum Gasteiger partial charge on any atom is -0.508 e. The molecule has 4 aromatic rings. The molecule has 3 heterocycles. The van der Waals surface area contributed by atoms with Crippen molar-refractivity contribution in [2.75, 3.05) is 13.2 Å². The number of phenolic OH excluding ortho intramolecular Hbond substituents is 1. The van der Waals surface area contributed by atoms with E-state index in [9.17, 15) is 56.9 Å². The van der Waals surface area contributed by atoms with Crippen molar-refractivity contribution in [3.05, 3.63) is 84.1 Å². The number of benzene rings is 2. The van der Waals surface area contributed by atoms with Gasteiger partial charge in [0.15, 0.2) is 0 Å². The number of halogens is 3. The van der Waals surface area contributed by atoms with Gasteiger partial charge in [0.1, 0.15) is 42.5 Å². The zero-order chi connectivity index (χ0) is 45.6. The van der Waals surface area contributed by atoms with Crippen LogP contribution in [0.3, 0.4) is 0 Å². The number of aliphatic hydroxyl groups excluding tert-OH is 1. The average Bonchev–Trinajstić information content (AvgIpc) is 4.01. The fourth-order valence-corrected chi connectivity index (χ4v) is 6.01. The van der Waals surface area contributed by atoms with Gasteiger partial charge >= 0.3 is 18.1 Å². The third-order valence-electron chi connectivity index (χ3n) is 9.14. The van der Waals surface area contributed by atoms with Crippen LogP contribution in [-0.2, 0) is 57.6 Å². The predicted octanol–water partition coefficient (Wildman–Crippen LogP) is -1.33. The Balaban J connectivity index is 0.00000111. The maximum atomic E-state index is 14.0. The molecule has 1 saturated heterocycles. The second kappa shape index (κ2) is 21.7.